The number of aliphatic carboxylic acids is 1. The molecule has 1 aliphatic carbocycles. The number of ketones is 1. The normalized spacial score (nSPS) is 20.6. The van der Waals surface area contributed by atoms with E-state index in [-0.39, 0.29) is 18.4 Å². The number of Topliss-reactive ketones (excluding diaryl/α,β-unsaturated/α-hetero) is 1. The molecule has 0 aromatic heterocycles. The van der Waals surface area contributed by atoms with Crippen LogP contribution in [-0.4, -0.2) is 59.6 Å². The van der Waals surface area contributed by atoms with E-state index in [2.05, 4.69) is 0 Å². The van der Waals surface area contributed by atoms with Crippen LogP contribution in [0.2, 0.25) is 5.02 Å². The fourth-order valence-electron chi connectivity index (χ4n) is 4.10. The third-order valence-electron chi connectivity index (χ3n) is 5.57. The van der Waals surface area contributed by atoms with Crippen molar-refractivity contribution in [2.75, 3.05) is 20.8 Å². The van der Waals surface area contributed by atoms with Gasteiger partial charge in [-0.05, 0) is 38.3 Å². The number of nitrogens with zero attached hydrogens (tertiary/aromatic N) is 2. The molecule has 0 unspecified atom stereocenters. The molecule has 1 fully saturated rings. The van der Waals surface area contributed by atoms with Crippen LogP contribution in [0.25, 0.3) is 0 Å². The summed E-state index contributed by atoms with van der Waals surface area (Å²) in [6.07, 6.45) is 1.67. The lowest BCUT2D eigenvalue weighted by atomic mass is 9.74. The van der Waals surface area contributed by atoms with Crippen molar-refractivity contribution in [1.82, 2.24) is 9.80 Å². The highest BCUT2D eigenvalue weighted by molar-refractivity contribution is 6.31. The quantitative estimate of drug-likeness (QED) is 0.671. The Bertz CT molecular complexity index is 769. The summed E-state index contributed by atoms with van der Waals surface area (Å²) in [4.78, 5) is 40.2. The van der Waals surface area contributed by atoms with Gasteiger partial charge >= 0.3 is 12.1 Å². The molecular weight excluding hydrogens is 396 g/mol. The molecule has 7 nitrogen and oxygen atoms in total. The smallest absolute Gasteiger partial charge is 0.411 e. The second-order valence-corrected chi connectivity index (χ2v) is 8.26. The van der Waals surface area contributed by atoms with Gasteiger partial charge in [0.15, 0.2) is 5.78 Å². The fourth-order valence-corrected chi connectivity index (χ4v) is 4.39. The molecule has 1 aromatic carbocycles. The van der Waals surface area contributed by atoms with Crippen LogP contribution in [0.5, 0.6) is 0 Å². The van der Waals surface area contributed by atoms with Gasteiger partial charge in [0.2, 0.25) is 0 Å². The summed E-state index contributed by atoms with van der Waals surface area (Å²) < 4.78 is 5.39. The lowest BCUT2D eigenvalue weighted by Gasteiger charge is -2.43. The minimum atomic E-state index is -1.18. The fraction of sp³-hybridized carbons (Fsp3) is 0.571. The van der Waals surface area contributed by atoms with Gasteiger partial charge in [-0.15, -0.1) is 0 Å². The molecule has 2 atom stereocenters. The van der Waals surface area contributed by atoms with Gasteiger partial charge < -0.3 is 9.84 Å². The number of amides is 1. The molecule has 1 N–H and O–H groups in total. The molecular formula is C21H29ClN2O5. The van der Waals surface area contributed by atoms with Gasteiger partial charge in [-0.2, -0.15) is 0 Å². The highest BCUT2D eigenvalue weighted by atomic mass is 35.5. The maximum atomic E-state index is 13.0. The van der Waals surface area contributed by atoms with Gasteiger partial charge in [0.25, 0.3) is 0 Å². The van der Waals surface area contributed by atoms with E-state index in [1.165, 1.54) is 16.8 Å². The third kappa shape index (κ3) is 4.73. The number of benzene rings is 1. The number of carboxylic acid groups (broad SMARTS) is 1. The number of hydrogen-bond donors (Lipinski definition) is 1. The average molecular weight is 425 g/mol. The van der Waals surface area contributed by atoms with E-state index in [1.807, 2.05) is 0 Å². The standard InChI is InChI=1S/C21H29ClN2O5/c1-14(2)18(19(26)27)23(3)13-29-20(28)24(4)21(12-8-7-11-17(21)25)15-9-5-6-10-16(15)22/h5-6,9-10,14,18H,7-8,11-13H2,1-4H3,(H,26,27)/t18-,21-/m0/s1. The second kappa shape index (κ2) is 9.59. The molecule has 0 aliphatic heterocycles. The lowest BCUT2D eigenvalue weighted by Crippen LogP contribution is -2.55. The highest BCUT2D eigenvalue weighted by Gasteiger charge is 2.48. The largest absolute Gasteiger partial charge is 0.480 e. The molecule has 8 heteroatoms. The van der Waals surface area contributed by atoms with Gasteiger partial charge in [0, 0.05) is 24.1 Å². The first kappa shape index (κ1) is 23.2. The van der Waals surface area contributed by atoms with Crippen molar-refractivity contribution in [3.63, 3.8) is 0 Å². The molecule has 0 radical (unpaired) electrons. The molecule has 0 heterocycles. The Morgan fingerprint density at radius 1 is 1.24 bits per heavy atom. The van der Waals surface area contributed by atoms with Crippen molar-refractivity contribution in [1.29, 1.82) is 0 Å². The van der Waals surface area contributed by atoms with Crippen molar-refractivity contribution in [3.8, 4) is 0 Å². The average Bonchev–Trinajstić information content (AvgIpc) is 2.66. The zero-order valence-electron chi connectivity index (χ0n) is 17.4. The van der Waals surface area contributed by atoms with Crippen LogP contribution >= 0.6 is 11.6 Å². The van der Waals surface area contributed by atoms with Crippen LogP contribution in [0.4, 0.5) is 4.79 Å². The van der Waals surface area contributed by atoms with Crippen molar-refractivity contribution >= 4 is 29.4 Å². The van der Waals surface area contributed by atoms with Gasteiger partial charge in [-0.3, -0.25) is 19.4 Å². The van der Waals surface area contributed by atoms with E-state index in [0.29, 0.717) is 23.4 Å². The molecule has 29 heavy (non-hydrogen) atoms. The van der Waals surface area contributed by atoms with Gasteiger partial charge in [-0.25, -0.2) is 4.79 Å². The Kier molecular flexibility index (Phi) is 7.66. The van der Waals surface area contributed by atoms with E-state index in [0.717, 1.165) is 12.8 Å². The van der Waals surface area contributed by atoms with E-state index in [1.54, 1.807) is 45.2 Å². The summed E-state index contributed by atoms with van der Waals surface area (Å²) in [5, 5.41) is 9.82. The second-order valence-electron chi connectivity index (χ2n) is 7.85. The summed E-state index contributed by atoms with van der Waals surface area (Å²) in [5.41, 5.74) is -0.596. The topological polar surface area (TPSA) is 87.2 Å². The van der Waals surface area contributed by atoms with Crippen LogP contribution in [0, 0.1) is 5.92 Å². The van der Waals surface area contributed by atoms with Crippen molar-refractivity contribution in [2.45, 2.75) is 51.1 Å². The summed E-state index contributed by atoms with van der Waals surface area (Å²) in [5.74, 6) is -1.22. The first-order valence-corrected chi connectivity index (χ1v) is 10.1. The number of hydrogen-bond acceptors (Lipinski definition) is 5. The number of rotatable bonds is 7. The minimum Gasteiger partial charge on any atom is -0.480 e. The Morgan fingerprint density at radius 3 is 2.45 bits per heavy atom. The zero-order chi connectivity index (χ0) is 21.8. The Labute approximate surface area is 176 Å². The van der Waals surface area contributed by atoms with Crippen LogP contribution in [0.3, 0.4) is 0 Å². The summed E-state index contributed by atoms with van der Waals surface area (Å²) in [7, 11) is 3.12. The molecule has 2 rings (SSSR count). The van der Waals surface area contributed by atoms with Gasteiger partial charge in [0.05, 0.1) is 0 Å². The van der Waals surface area contributed by atoms with Crippen LogP contribution in [0.1, 0.15) is 45.1 Å². The summed E-state index contributed by atoms with van der Waals surface area (Å²) >= 11 is 6.40. The Hall–Kier alpha value is -2.12. The maximum absolute atomic E-state index is 13.0. The van der Waals surface area contributed by atoms with Crippen molar-refractivity contribution in [2.24, 2.45) is 5.92 Å². The Balaban J connectivity index is 2.25. The maximum Gasteiger partial charge on any atom is 0.411 e. The molecule has 1 amide bonds. The van der Waals surface area contributed by atoms with E-state index < -0.39 is 23.6 Å². The Morgan fingerprint density at radius 2 is 1.90 bits per heavy atom. The van der Waals surface area contributed by atoms with E-state index in [4.69, 9.17) is 16.3 Å². The predicted octanol–water partition coefficient (Wildman–Crippen LogP) is 3.75. The molecule has 1 saturated carbocycles. The molecule has 0 bridgehead atoms. The number of likely N-dealkylation sites (N-methyl/N-ethyl adjacent to an activating group) is 2. The molecule has 160 valence electrons. The summed E-state index contributed by atoms with van der Waals surface area (Å²) in [6, 6.07) is 6.24. The van der Waals surface area contributed by atoms with Crippen LogP contribution in [-0.2, 0) is 19.9 Å². The first-order valence-electron chi connectivity index (χ1n) is 9.74. The molecule has 0 spiro atoms. The SMILES string of the molecule is CC(C)[C@@H](C(=O)O)N(C)COC(=O)N(C)[C@]1(c2ccccc2Cl)CCCCC1=O. The highest BCUT2D eigenvalue weighted by Crippen LogP contribution is 2.42. The zero-order valence-corrected chi connectivity index (χ0v) is 18.1. The summed E-state index contributed by atoms with van der Waals surface area (Å²) in [6.45, 7) is 3.37. The first-order chi connectivity index (χ1) is 13.6. The van der Waals surface area contributed by atoms with Crippen LogP contribution in [0.15, 0.2) is 24.3 Å². The van der Waals surface area contributed by atoms with Gasteiger partial charge in [0.1, 0.15) is 18.3 Å². The molecule has 1 aromatic rings. The monoisotopic (exact) mass is 424 g/mol. The number of halogens is 1. The molecule has 0 saturated heterocycles. The lowest BCUT2D eigenvalue weighted by molar-refractivity contribution is -0.146. The minimum absolute atomic E-state index is 0.0738. The number of carbonyl (C=O) groups is 3. The van der Waals surface area contributed by atoms with E-state index >= 15 is 0 Å². The van der Waals surface area contributed by atoms with Crippen molar-refractivity contribution < 1.29 is 24.2 Å². The number of ether oxygens (including phenoxy) is 1. The predicted molar refractivity (Wildman–Crippen MR) is 110 cm³/mol. The molecule has 1 aliphatic rings. The van der Waals surface area contributed by atoms with Gasteiger partial charge in [-0.1, -0.05) is 43.6 Å². The third-order valence-corrected chi connectivity index (χ3v) is 5.90. The van der Waals surface area contributed by atoms with Crippen LogP contribution < -0.4 is 0 Å². The van der Waals surface area contributed by atoms with Crippen molar-refractivity contribution in [3.05, 3.63) is 34.9 Å². The van der Waals surface area contributed by atoms with E-state index in [9.17, 15) is 19.5 Å². The number of carbonyl (C=O) groups excluding carboxylic acids is 2. The number of carboxylic acids is 1.